The minimum absolute atomic E-state index is 0.214. The topological polar surface area (TPSA) is 55.8 Å². The number of hydrogen-bond acceptors (Lipinski definition) is 4. The van der Waals surface area contributed by atoms with Crippen LogP contribution < -0.4 is 0 Å². The molecule has 0 aromatic heterocycles. The Kier molecular flexibility index (Phi) is 19.2. The SMILES string of the molecule is CCCCCCCCCCC[C@@H](O)C[C@H](OCc1ccccc1)[C@H](CCCCCC)C(=O)OCc1ccccc1. The van der Waals surface area contributed by atoms with Gasteiger partial charge in [0.2, 0.25) is 0 Å². The van der Waals surface area contributed by atoms with Gasteiger partial charge in [0.15, 0.2) is 0 Å². The van der Waals surface area contributed by atoms with E-state index >= 15 is 0 Å². The second-order valence-electron chi connectivity index (χ2n) is 11.4. The zero-order valence-corrected chi connectivity index (χ0v) is 25.4. The summed E-state index contributed by atoms with van der Waals surface area (Å²) >= 11 is 0. The van der Waals surface area contributed by atoms with Crippen molar-refractivity contribution in [3.05, 3.63) is 71.8 Å². The molecule has 2 aromatic carbocycles. The molecule has 0 amide bonds. The Labute approximate surface area is 244 Å². The average molecular weight is 553 g/mol. The maximum Gasteiger partial charge on any atom is 0.311 e. The lowest BCUT2D eigenvalue weighted by Crippen LogP contribution is -2.35. The van der Waals surface area contributed by atoms with Crippen LogP contribution >= 0.6 is 0 Å². The first-order valence-electron chi connectivity index (χ1n) is 16.2. The molecule has 0 saturated carbocycles. The van der Waals surface area contributed by atoms with Crippen LogP contribution in [0, 0.1) is 5.92 Å². The van der Waals surface area contributed by atoms with Gasteiger partial charge in [-0.15, -0.1) is 0 Å². The first kappa shape index (κ1) is 34.0. The van der Waals surface area contributed by atoms with Crippen molar-refractivity contribution in [1.82, 2.24) is 0 Å². The third-order valence-corrected chi connectivity index (χ3v) is 7.80. The largest absolute Gasteiger partial charge is 0.461 e. The highest BCUT2D eigenvalue weighted by atomic mass is 16.5. The van der Waals surface area contributed by atoms with Crippen LogP contribution in [0.5, 0.6) is 0 Å². The van der Waals surface area contributed by atoms with Gasteiger partial charge in [-0.25, -0.2) is 0 Å². The van der Waals surface area contributed by atoms with Crippen molar-refractivity contribution < 1.29 is 19.4 Å². The first-order valence-corrected chi connectivity index (χ1v) is 16.2. The van der Waals surface area contributed by atoms with Crippen molar-refractivity contribution in [2.24, 2.45) is 5.92 Å². The number of esters is 1. The summed E-state index contributed by atoms with van der Waals surface area (Å²) < 4.78 is 12.2. The molecule has 0 fully saturated rings. The van der Waals surface area contributed by atoms with Gasteiger partial charge in [0.05, 0.1) is 24.7 Å². The molecule has 3 atom stereocenters. The van der Waals surface area contributed by atoms with Gasteiger partial charge in [0.25, 0.3) is 0 Å². The van der Waals surface area contributed by atoms with Gasteiger partial charge in [-0.2, -0.15) is 0 Å². The van der Waals surface area contributed by atoms with Crippen LogP contribution in [0.15, 0.2) is 60.7 Å². The van der Waals surface area contributed by atoms with E-state index in [1.165, 1.54) is 44.9 Å². The number of carbonyl (C=O) groups is 1. The summed E-state index contributed by atoms with van der Waals surface area (Å²) in [7, 11) is 0. The van der Waals surface area contributed by atoms with Gasteiger partial charge in [0, 0.05) is 6.42 Å². The number of hydrogen-bond donors (Lipinski definition) is 1. The maximum atomic E-state index is 13.5. The van der Waals surface area contributed by atoms with Crippen LogP contribution in [-0.2, 0) is 27.5 Å². The molecular formula is C36H56O4. The van der Waals surface area contributed by atoms with E-state index < -0.39 is 6.10 Å². The molecule has 2 rings (SSSR count). The third kappa shape index (κ3) is 15.6. The molecule has 1 N–H and O–H groups in total. The quantitative estimate of drug-likeness (QED) is 0.104. The van der Waals surface area contributed by atoms with E-state index in [0.29, 0.717) is 13.0 Å². The predicted octanol–water partition coefficient (Wildman–Crippen LogP) is 9.57. The smallest absolute Gasteiger partial charge is 0.311 e. The lowest BCUT2D eigenvalue weighted by atomic mass is 9.90. The fourth-order valence-electron chi connectivity index (χ4n) is 5.28. The van der Waals surface area contributed by atoms with Gasteiger partial charge < -0.3 is 14.6 Å². The minimum atomic E-state index is -0.481. The summed E-state index contributed by atoms with van der Waals surface area (Å²) in [6.07, 6.45) is 16.8. The molecule has 4 heteroatoms. The highest BCUT2D eigenvalue weighted by Gasteiger charge is 2.32. The molecule has 0 heterocycles. The van der Waals surface area contributed by atoms with Crippen LogP contribution in [0.25, 0.3) is 0 Å². The van der Waals surface area contributed by atoms with Crippen LogP contribution in [0.4, 0.5) is 0 Å². The second-order valence-corrected chi connectivity index (χ2v) is 11.4. The molecule has 0 spiro atoms. The molecule has 0 aliphatic rings. The van der Waals surface area contributed by atoms with Crippen LogP contribution in [0.2, 0.25) is 0 Å². The van der Waals surface area contributed by atoms with E-state index in [0.717, 1.165) is 62.5 Å². The second kappa shape index (κ2) is 22.5. The van der Waals surface area contributed by atoms with Crippen molar-refractivity contribution in [2.75, 3.05) is 0 Å². The van der Waals surface area contributed by atoms with Crippen molar-refractivity contribution in [2.45, 2.75) is 142 Å². The number of unbranched alkanes of at least 4 members (excludes halogenated alkanes) is 11. The lowest BCUT2D eigenvalue weighted by Gasteiger charge is -2.28. The Morgan fingerprint density at radius 2 is 1.12 bits per heavy atom. The van der Waals surface area contributed by atoms with Crippen molar-refractivity contribution in [3.8, 4) is 0 Å². The number of ether oxygens (including phenoxy) is 2. The highest BCUT2D eigenvalue weighted by molar-refractivity contribution is 5.73. The molecule has 40 heavy (non-hydrogen) atoms. The van der Waals surface area contributed by atoms with Gasteiger partial charge in [0.1, 0.15) is 6.61 Å². The molecule has 224 valence electrons. The molecule has 0 aliphatic carbocycles. The number of aliphatic hydroxyl groups excluding tert-OH is 1. The molecule has 0 bridgehead atoms. The summed E-state index contributed by atoms with van der Waals surface area (Å²) in [5.74, 6) is -0.601. The standard InChI is InChI=1S/C36H56O4/c1-3-5-7-9-10-11-12-13-20-26-33(37)28-35(39-29-31-22-16-14-17-23-31)34(27-21-8-6-4-2)36(38)40-30-32-24-18-15-19-25-32/h14-19,22-25,33-35,37H,3-13,20-21,26-30H2,1-2H3/t33-,34+,35+/m1/s1. The summed E-state index contributed by atoms with van der Waals surface area (Å²) in [5, 5.41) is 11.0. The lowest BCUT2D eigenvalue weighted by molar-refractivity contribution is -0.158. The fraction of sp³-hybridized carbons (Fsp3) is 0.639. The summed E-state index contributed by atoms with van der Waals surface area (Å²) in [6, 6.07) is 19.9. The molecular weight excluding hydrogens is 496 g/mol. The zero-order chi connectivity index (χ0) is 28.7. The molecule has 0 unspecified atom stereocenters. The minimum Gasteiger partial charge on any atom is -0.461 e. The third-order valence-electron chi connectivity index (χ3n) is 7.80. The van der Waals surface area contributed by atoms with Crippen molar-refractivity contribution >= 4 is 5.97 Å². The Hall–Kier alpha value is -2.17. The fourth-order valence-corrected chi connectivity index (χ4v) is 5.28. The molecule has 2 aromatic rings. The van der Waals surface area contributed by atoms with Crippen molar-refractivity contribution in [1.29, 1.82) is 0 Å². The number of carbonyl (C=O) groups excluding carboxylic acids is 1. The predicted molar refractivity (Wildman–Crippen MR) is 166 cm³/mol. The monoisotopic (exact) mass is 552 g/mol. The Balaban J connectivity index is 1.97. The van der Waals surface area contributed by atoms with Crippen LogP contribution in [0.1, 0.15) is 128 Å². The number of benzene rings is 2. The average Bonchev–Trinajstić information content (AvgIpc) is 2.98. The van der Waals surface area contributed by atoms with Gasteiger partial charge in [-0.3, -0.25) is 4.79 Å². The highest BCUT2D eigenvalue weighted by Crippen LogP contribution is 2.26. The van der Waals surface area contributed by atoms with E-state index in [-0.39, 0.29) is 24.6 Å². The van der Waals surface area contributed by atoms with E-state index in [9.17, 15) is 9.90 Å². The summed E-state index contributed by atoms with van der Waals surface area (Å²) in [5.41, 5.74) is 2.05. The molecule has 0 saturated heterocycles. The Morgan fingerprint density at radius 1 is 0.650 bits per heavy atom. The Bertz CT molecular complexity index is 854. The van der Waals surface area contributed by atoms with Crippen molar-refractivity contribution in [3.63, 3.8) is 0 Å². The number of aliphatic hydroxyl groups is 1. The first-order chi connectivity index (χ1) is 19.6. The van der Waals surface area contributed by atoms with Gasteiger partial charge in [-0.05, 0) is 24.0 Å². The maximum absolute atomic E-state index is 13.5. The summed E-state index contributed by atoms with van der Waals surface area (Å²) in [4.78, 5) is 13.5. The molecule has 4 nitrogen and oxygen atoms in total. The van der Waals surface area contributed by atoms with Crippen LogP contribution in [-0.4, -0.2) is 23.3 Å². The molecule has 0 aliphatic heterocycles. The zero-order valence-electron chi connectivity index (χ0n) is 25.4. The van der Waals surface area contributed by atoms with E-state index in [2.05, 4.69) is 13.8 Å². The van der Waals surface area contributed by atoms with Crippen LogP contribution in [0.3, 0.4) is 0 Å². The van der Waals surface area contributed by atoms with E-state index in [4.69, 9.17) is 9.47 Å². The van der Waals surface area contributed by atoms with E-state index in [1.54, 1.807) is 0 Å². The normalized spacial score (nSPS) is 13.6. The van der Waals surface area contributed by atoms with Gasteiger partial charge in [-0.1, -0.05) is 158 Å². The summed E-state index contributed by atoms with van der Waals surface area (Å²) in [6.45, 7) is 5.14. The van der Waals surface area contributed by atoms with E-state index in [1.807, 2.05) is 60.7 Å². The molecule has 0 radical (unpaired) electrons. The number of rotatable bonds is 24. The Morgan fingerprint density at radius 3 is 1.70 bits per heavy atom. The van der Waals surface area contributed by atoms with Gasteiger partial charge >= 0.3 is 5.97 Å².